The minimum absolute atomic E-state index is 0.148. The molecule has 76 valence electrons. The van der Waals surface area contributed by atoms with Crippen molar-refractivity contribution in [2.45, 2.75) is 6.92 Å². The van der Waals surface area contributed by atoms with E-state index in [4.69, 9.17) is 0 Å². The van der Waals surface area contributed by atoms with E-state index in [1.807, 2.05) is 30.3 Å². The lowest BCUT2D eigenvalue weighted by Crippen LogP contribution is -2.26. The smallest absolute Gasteiger partial charge is 0.235 e. The van der Waals surface area contributed by atoms with E-state index in [0.29, 0.717) is 5.82 Å². The Morgan fingerprint density at radius 1 is 1.27 bits per heavy atom. The molecule has 0 saturated carbocycles. The molecule has 0 bridgehead atoms. The Balaban J connectivity index is 2.26. The summed E-state index contributed by atoms with van der Waals surface area (Å²) in [5.74, 6) is 0.480. The number of amides is 1. The average molecular weight is 201 g/mol. The highest BCUT2D eigenvalue weighted by molar-refractivity contribution is 5.84. The van der Waals surface area contributed by atoms with E-state index < -0.39 is 0 Å². The van der Waals surface area contributed by atoms with Crippen LogP contribution in [0.25, 0.3) is 10.8 Å². The maximum absolute atomic E-state index is 10.7. The van der Waals surface area contributed by atoms with Crippen LogP contribution in [0.4, 0.5) is 5.82 Å². The summed E-state index contributed by atoms with van der Waals surface area (Å²) in [6.07, 6.45) is 1.76. The topological polar surface area (TPSA) is 54.0 Å². The van der Waals surface area contributed by atoms with Gasteiger partial charge in [-0.1, -0.05) is 24.3 Å². The number of hydrogen-bond acceptors (Lipinski definition) is 3. The summed E-state index contributed by atoms with van der Waals surface area (Å²) in [5, 5.41) is 2.16. The van der Waals surface area contributed by atoms with Crippen LogP contribution in [0.1, 0.15) is 6.92 Å². The molecule has 4 nitrogen and oxygen atoms in total. The molecule has 1 amide bonds. The minimum atomic E-state index is -0.148. The number of nitrogens with one attached hydrogen (secondary N) is 2. The third kappa shape index (κ3) is 2.22. The van der Waals surface area contributed by atoms with Gasteiger partial charge in [-0.25, -0.2) is 4.98 Å². The summed E-state index contributed by atoms with van der Waals surface area (Å²) in [7, 11) is 0. The predicted molar refractivity (Wildman–Crippen MR) is 59.2 cm³/mol. The van der Waals surface area contributed by atoms with Crippen molar-refractivity contribution in [3.63, 3.8) is 0 Å². The standard InChI is InChI=1S/C11H11N3O/c1-8(15)13-14-11-6-9-4-2-3-5-10(9)7-12-11/h2-7H,1H3,(H,12,14)(H,13,15). The zero-order valence-electron chi connectivity index (χ0n) is 8.32. The second-order valence-corrected chi connectivity index (χ2v) is 3.22. The SMILES string of the molecule is CC(=O)NNc1cc2ccccc2cn1. The number of rotatable bonds is 2. The highest BCUT2D eigenvalue weighted by Crippen LogP contribution is 2.15. The fraction of sp³-hybridized carbons (Fsp3) is 0.0909. The van der Waals surface area contributed by atoms with Gasteiger partial charge in [0.25, 0.3) is 0 Å². The molecule has 0 aliphatic heterocycles. The van der Waals surface area contributed by atoms with Crippen molar-refractivity contribution in [3.8, 4) is 0 Å². The summed E-state index contributed by atoms with van der Waals surface area (Å²) >= 11 is 0. The quantitative estimate of drug-likeness (QED) is 0.727. The molecule has 1 heterocycles. The Morgan fingerprint density at radius 2 is 2.00 bits per heavy atom. The van der Waals surface area contributed by atoms with Gasteiger partial charge in [0.05, 0.1) is 0 Å². The third-order valence-corrected chi connectivity index (χ3v) is 2.00. The van der Waals surface area contributed by atoms with E-state index in [-0.39, 0.29) is 5.91 Å². The van der Waals surface area contributed by atoms with Gasteiger partial charge >= 0.3 is 0 Å². The summed E-state index contributed by atoms with van der Waals surface area (Å²) < 4.78 is 0. The first-order chi connectivity index (χ1) is 7.25. The number of hydrazine groups is 1. The first-order valence-electron chi connectivity index (χ1n) is 4.63. The number of benzene rings is 1. The lowest BCUT2D eigenvalue weighted by atomic mass is 10.2. The van der Waals surface area contributed by atoms with Crippen molar-refractivity contribution >= 4 is 22.5 Å². The molecule has 2 aromatic rings. The Hall–Kier alpha value is -2.10. The van der Waals surface area contributed by atoms with Gasteiger partial charge in [0.15, 0.2) is 0 Å². The van der Waals surface area contributed by atoms with Gasteiger partial charge in [-0.3, -0.25) is 15.6 Å². The molecule has 0 saturated heterocycles. The first-order valence-corrected chi connectivity index (χ1v) is 4.63. The molecule has 0 aliphatic carbocycles. The van der Waals surface area contributed by atoms with E-state index in [9.17, 15) is 4.79 Å². The Morgan fingerprint density at radius 3 is 2.73 bits per heavy atom. The number of fused-ring (bicyclic) bond motifs is 1. The maximum atomic E-state index is 10.7. The third-order valence-electron chi connectivity index (χ3n) is 2.00. The number of pyridine rings is 1. The molecule has 0 radical (unpaired) electrons. The zero-order valence-corrected chi connectivity index (χ0v) is 8.32. The van der Waals surface area contributed by atoms with Gasteiger partial charge in [-0.15, -0.1) is 0 Å². The van der Waals surface area contributed by atoms with E-state index in [1.165, 1.54) is 6.92 Å². The number of carbonyl (C=O) groups excluding carboxylic acids is 1. The van der Waals surface area contributed by atoms with Crippen LogP contribution in [-0.2, 0) is 4.79 Å². The van der Waals surface area contributed by atoms with Crippen LogP contribution in [0.3, 0.4) is 0 Å². The van der Waals surface area contributed by atoms with Gasteiger partial charge in [0.2, 0.25) is 5.91 Å². The van der Waals surface area contributed by atoms with Gasteiger partial charge in [0.1, 0.15) is 5.82 Å². The lowest BCUT2D eigenvalue weighted by molar-refractivity contribution is -0.118. The predicted octanol–water partition coefficient (Wildman–Crippen LogP) is 1.70. The van der Waals surface area contributed by atoms with Gasteiger partial charge in [0, 0.05) is 18.5 Å². The Labute approximate surface area is 87.3 Å². The second kappa shape index (κ2) is 3.96. The van der Waals surface area contributed by atoms with Crippen molar-refractivity contribution in [1.29, 1.82) is 0 Å². The van der Waals surface area contributed by atoms with Crippen molar-refractivity contribution in [2.75, 3.05) is 5.43 Å². The van der Waals surface area contributed by atoms with E-state index in [1.54, 1.807) is 6.20 Å². The monoisotopic (exact) mass is 201 g/mol. The molecule has 1 aromatic heterocycles. The van der Waals surface area contributed by atoms with Crippen molar-refractivity contribution in [2.24, 2.45) is 0 Å². The van der Waals surface area contributed by atoms with Crippen LogP contribution in [0, 0.1) is 0 Å². The molecule has 0 fully saturated rings. The Kier molecular flexibility index (Phi) is 2.49. The normalized spacial score (nSPS) is 9.93. The second-order valence-electron chi connectivity index (χ2n) is 3.22. The molecule has 0 unspecified atom stereocenters. The van der Waals surface area contributed by atoms with Gasteiger partial charge < -0.3 is 0 Å². The summed E-state index contributed by atoms with van der Waals surface area (Å²) in [5.41, 5.74) is 5.20. The summed E-state index contributed by atoms with van der Waals surface area (Å²) in [6, 6.07) is 9.79. The van der Waals surface area contributed by atoms with Crippen LogP contribution < -0.4 is 10.9 Å². The first kappa shape index (κ1) is 9.45. The van der Waals surface area contributed by atoms with Crippen LogP contribution >= 0.6 is 0 Å². The summed E-state index contributed by atoms with van der Waals surface area (Å²) in [4.78, 5) is 14.8. The number of nitrogens with zero attached hydrogens (tertiary/aromatic N) is 1. The van der Waals surface area contributed by atoms with Gasteiger partial charge in [-0.05, 0) is 11.5 Å². The molecule has 15 heavy (non-hydrogen) atoms. The van der Waals surface area contributed by atoms with Crippen LogP contribution in [0.5, 0.6) is 0 Å². The van der Waals surface area contributed by atoms with Crippen LogP contribution in [0.2, 0.25) is 0 Å². The van der Waals surface area contributed by atoms with Gasteiger partial charge in [-0.2, -0.15) is 0 Å². The number of anilines is 1. The minimum Gasteiger partial charge on any atom is -0.282 e. The molecule has 0 spiro atoms. The van der Waals surface area contributed by atoms with Crippen molar-refractivity contribution in [3.05, 3.63) is 36.5 Å². The largest absolute Gasteiger partial charge is 0.282 e. The average Bonchev–Trinajstić information content (AvgIpc) is 2.26. The van der Waals surface area contributed by atoms with E-state index >= 15 is 0 Å². The highest BCUT2D eigenvalue weighted by atomic mass is 16.2. The molecule has 2 N–H and O–H groups in total. The number of carbonyl (C=O) groups is 1. The number of hydrogen-bond donors (Lipinski definition) is 2. The van der Waals surface area contributed by atoms with Crippen LogP contribution in [-0.4, -0.2) is 10.9 Å². The molecule has 0 aliphatic rings. The lowest BCUT2D eigenvalue weighted by Gasteiger charge is -2.05. The molecular weight excluding hydrogens is 190 g/mol. The van der Waals surface area contributed by atoms with Crippen molar-refractivity contribution in [1.82, 2.24) is 10.4 Å². The molecule has 1 aromatic carbocycles. The Bertz CT molecular complexity index is 496. The molecule has 0 atom stereocenters. The van der Waals surface area contributed by atoms with Crippen molar-refractivity contribution < 1.29 is 4.79 Å². The highest BCUT2D eigenvalue weighted by Gasteiger charge is 1.96. The van der Waals surface area contributed by atoms with Crippen LogP contribution in [0.15, 0.2) is 36.5 Å². The van der Waals surface area contributed by atoms with E-state index in [2.05, 4.69) is 15.8 Å². The maximum Gasteiger partial charge on any atom is 0.235 e. The van der Waals surface area contributed by atoms with E-state index in [0.717, 1.165) is 10.8 Å². The number of aromatic nitrogens is 1. The molecular formula is C11H11N3O. The fourth-order valence-corrected chi connectivity index (χ4v) is 1.30. The zero-order chi connectivity index (χ0) is 10.7. The molecule has 4 heteroatoms. The fourth-order valence-electron chi connectivity index (χ4n) is 1.30. The molecule has 2 rings (SSSR count). The summed E-state index contributed by atoms with van der Waals surface area (Å²) in [6.45, 7) is 1.44.